The van der Waals surface area contributed by atoms with Crippen molar-refractivity contribution < 1.29 is 13.6 Å². The SMILES string of the molecule is O=Cc1nc(CCl)c(C(F)F)cc1Cl. The minimum atomic E-state index is -2.70. The van der Waals surface area contributed by atoms with Crippen LogP contribution in [0.25, 0.3) is 0 Å². The Kier molecular flexibility index (Phi) is 3.77. The van der Waals surface area contributed by atoms with Gasteiger partial charge in [0.05, 0.1) is 16.6 Å². The Hall–Kier alpha value is -0.740. The second-order valence-corrected chi connectivity index (χ2v) is 3.12. The number of alkyl halides is 3. The lowest BCUT2D eigenvalue weighted by molar-refractivity contribution is 0.111. The van der Waals surface area contributed by atoms with E-state index in [0.29, 0.717) is 6.29 Å². The van der Waals surface area contributed by atoms with Gasteiger partial charge in [0.1, 0.15) is 5.69 Å². The van der Waals surface area contributed by atoms with Crippen LogP contribution in [0.1, 0.15) is 28.2 Å². The number of carbonyl (C=O) groups is 1. The van der Waals surface area contributed by atoms with Crippen LogP contribution in [0.15, 0.2) is 6.07 Å². The van der Waals surface area contributed by atoms with Gasteiger partial charge < -0.3 is 0 Å². The molecule has 1 aromatic heterocycles. The second kappa shape index (κ2) is 4.66. The number of rotatable bonds is 3. The summed E-state index contributed by atoms with van der Waals surface area (Å²) in [7, 11) is 0. The average Bonchev–Trinajstić information content (AvgIpc) is 2.17. The third kappa shape index (κ3) is 2.19. The molecule has 0 saturated carbocycles. The maximum absolute atomic E-state index is 12.4. The lowest BCUT2D eigenvalue weighted by Crippen LogP contribution is -2.00. The summed E-state index contributed by atoms with van der Waals surface area (Å²) in [4.78, 5) is 14.0. The van der Waals surface area contributed by atoms with Crippen LogP contribution in [0.5, 0.6) is 0 Å². The van der Waals surface area contributed by atoms with Crippen molar-refractivity contribution in [1.29, 1.82) is 0 Å². The molecule has 14 heavy (non-hydrogen) atoms. The molecule has 0 aliphatic carbocycles. The van der Waals surface area contributed by atoms with Crippen molar-refractivity contribution in [2.75, 3.05) is 0 Å². The van der Waals surface area contributed by atoms with Crippen molar-refractivity contribution in [3.63, 3.8) is 0 Å². The highest BCUT2D eigenvalue weighted by Gasteiger charge is 2.16. The van der Waals surface area contributed by atoms with Gasteiger partial charge in [-0.05, 0) is 6.07 Å². The minimum Gasteiger partial charge on any atom is -0.296 e. The third-order valence-electron chi connectivity index (χ3n) is 1.59. The molecule has 0 saturated heterocycles. The number of nitrogens with zero attached hydrogens (tertiary/aromatic N) is 1. The highest BCUT2D eigenvalue weighted by atomic mass is 35.5. The summed E-state index contributed by atoms with van der Waals surface area (Å²) >= 11 is 10.9. The molecule has 0 radical (unpaired) electrons. The van der Waals surface area contributed by atoms with E-state index in [-0.39, 0.29) is 27.9 Å². The monoisotopic (exact) mass is 239 g/mol. The molecular formula is C8H5Cl2F2NO. The van der Waals surface area contributed by atoms with Gasteiger partial charge in [-0.1, -0.05) is 11.6 Å². The van der Waals surface area contributed by atoms with Gasteiger partial charge in [0.25, 0.3) is 6.43 Å². The molecule has 1 aromatic rings. The van der Waals surface area contributed by atoms with Gasteiger partial charge in [0, 0.05) is 5.56 Å². The fourth-order valence-electron chi connectivity index (χ4n) is 0.936. The van der Waals surface area contributed by atoms with Crippen LogP contribution in [0.4, 0.5) is 8.78 Å². The topological polar surface area (TPSA) is 30.0 Å². The van der Waals surface area contributed by atoms with E-state index in [0.717, 1.165) is 6.07 Å². The molecule has 0 aliphatic rings. The van der Waals surface area contributed by atoms with Crippen LogP contribution in [-0.4, -0.2) is 11.3 Å². The van der Waals surface area contributed by atoms with E-state index < -0.39 is 6.43 Å². The standard InChI is InChI=1S/C8H5Cl2F2NO/c9-2-6-4(8(11)12)1-5(10)7(3-14)13-6/h1,3,8H,2H2. The normalized spacial score (nSPS) is 10.6. The van der Waals surface area contributed by atoms with Gasteiger partial charge in [-0.15, -0.1) is 11.6 Å². The number of aldehydes is 1. The highest BCUT2D eigenvalue weighted by Crippen LogP contribution is 2.27. The summed E-state index contributed by atoms with van der Waals surface area (Å²) in [5.41, 5.74) is -0.435. The summed E-state index contributed by atoms with van der Waals surface area (Å²) in [6.45, 7) is 0. The first-order chi connectivity index (χ1) is 6.60. The number of hydrogen-bond acceptors (Lipinski definition) is 2. The quantitative estimate of drug-likeness (QED) is 0.599. The van der Waals surface area contributed by atoms with Crippen molar-refractivity contribution >= 4 is 29.5 Å². The van der Waals surface area contributed by atoms with Gasteiger partial charge in [-0.25, -0.2) is 13.8 Å². The Morgan fingerprint density at radius 3 is 2.64 bits per heavy atom. The maximum Gasteiger partial charge on any atom is 0.265 e. The fourth-order valence-corrected chi connectivity index (χ4v) is 1.35. The van der Waals surface area contributed by atoms with E-state index >= 15 is 0 Å². The van der Waals surface area contributed by atoms with Crippen LogP contribution in [0.2, 0.25) is 5.02 Å². The van der Waals surface area contributed by atoms with Gasteiger partial charge in [-0.2, -0.15) is 0 Å². The van der Waals surface area contributed by atoms with E-state index in [9.17, 15) is 13.6 Å². The molecule has 0 unspecified atom stereocenters. The van der Waals surface area contributed by atoms with E-state index in [1.165, 1.54) is 0 Å². The number of halogens is 4. The maximum atomic E-state index is 12.4. The first-order valence-corrected chi connectivity index (χ1v) is 4.50. The summed E-state index contributed by atoms with van der Waals surface area (Å²) in [6, 6.07) is 1.01. The molecule has 6 heteroatoms. The Morgan fingerprint density at radius 2 is 2.21 bits per heavy atom. The molecule has 0 N–H and O–H groups in total. The zero-order valence-corrected chi connectivity index (χ0v) is 8.32. The lowest BCUT2D eigenvalue weighted by atomic mass is 10.2. The number of pyridine rings is 1. The predicted octanol–water partition coefficient (Wildman–Crippen LogP) is 3.22. The average molecular weight is 240 g/mol. The Labute approximate surface area is 88.8 Å². The highest BCUT2D eigenvalue weighted by molar-refractivity contribution is 6.32. The first-order valence-electron chi connectivity index (χ1n) is 3.58. The van der Waals surface area contributed by atoms with Crippen molar-refractivity contribution in [2.24, 2.45) is 0 Å². The van der Waals surface area contributed by atoms with Crippen molar-refractivity contribution in [2.45, 2.75) is 12.3 Å². The van der Waals surface area contributed by atoms with Crippen molar-refractivity contribution in [3.05, 3.63) is 28.0 Å². The van der Waals surface area contributed by atoms with Gasteiger partial charge in [0.2, 0.25) is 0 Å². The van der Waals surface area contributed by atoms with E-state index in [1.807, 2.05) is 0 Å². The summed E-state index contributed by atoms with van der Waals surface area (Å²) in [6.07, 6.45) is -2.30. The molecule has 0 aromatic carbocycles. The lowest BCUT2D eigenvalue weighted by Gasteiger charge is -2.06. The summed E-state index contributed by atoms with van der Waals surface area (Å²) in [5.74, 6) is -0.183. The molecular weight excluding hydrogens is 235 g/mol. The number of carbonyl (C=O) groups excluding carboxylic acids is 1. The molecule has 1 heterocycles. The van der Waals surface area contributed by atoms with Gasteiger partial charge >= 0.3 is 0 Å². The Balaban J connectivity index is 3.31. The molecule has 0 amide bonds. The zero-order chi connectivity index (χ0) is 10.7. The second-order valence-electron chi connectivity index (χ2n) is 2.44. The summed E-state index contributed by atoms with van der Waals surface area (Å²) < 4.78 is 24.8. The number of aromatic nitrogens is 1. The molecule has 1 rings (SSSR count). The van der Waals surface area contributed by atoms with Gasteiger partial charge in [-0.3, -0.25) is 4.79 Å². The molecule has 0 spiro atoms. The van der Waals surface area contributed by atoms with E-state index in [2.05, 4.69) is 4.98 Å². The number of hydrogen-bond donors (Lipinski definition) is 0. The molecule has 0 fully saturated rings. The molecule has 0 aliphatic heterocycles. The van der Waals surface area contributed by atoms with Crippen LogP contribution in [-0.2, 0) is 5.88 Å². The van der Waals surface area contributed by atoms with E-state index in [4.69, 9.17) is 23.2 Å². The largest absolute Gasteiger partial charge is 0.296 e. The predicted molar refractivity (Wildman–Crippen MR) is 49.1 cm³/mol. The van der Waals surface area contributed by atoms with E-state index in [1.54, 1.807) is 0 Å². The Morgan fingerprint density at radius 1 is 1.57 bits per heavy atom. The zero-order valence-electron chi connectivity index (χ0n) is 6.81. The van der Waals surface area contributed by atoms with Gasteiger partial charge in [0.15, 0.2) is 6.29 Å². The van der Waals surface area contributed by atoms with Crippen LogP contribution in [0.3, 0.4) is 0 Å². The molecule has 0 atom stereocenters. The summed E-state index contributed by atoms with van der Waals surface area (Å²) in [5, 5.41) is -0.0934. The molecule has 2 nitrogen and oxygen atoms in total. The van der Waals surface area contributed by atoms with Crippen LogP contribution < -0.4 is 0 Å². The molecule has 0 bridgehead atoms. The van der Waals surface area contributed by atoms with Crippen LogP contribution in [0, 0.1) is 0 Å². The van der Waals surface area contributed by atoms with Crippen molar-refractivity contribution in [1.82, 2.24) is 4.98 Å². The first kappa shape index (κ1) is 11.3. The smallest absolute Gasteiger partial charge is 0.265 e. The van der Waals surface area contributed by atoms with Crippen LogP contribution >= 0.6 is 23.2 Å². The molecule has 76 valence electrons. The Bertz CT molecular complexity index is 357. The minimum absolute atomic E-state index is 0.0202. The third-order valence-corrected chi connectivity index (χ3v) is 2.14. The van der Waals surface area contributed by atoms with Crippen molar-refractivity contribution in [3.8, 4) is 0 Å². The fraction of sp³-hybridized carbons (Fsp3) is 0.250.